The van der Waals surface area contributed by atoms with Gasteiger partial charge in [-0.1, -0.05) is 39.8 Å². The van der Waals surface area contributed by atoms with Gasteiger partial charge in [-0.25, -0.2) is 0 Å². The summed E-state index contributed by atoms with van der Waals surface area (Å²) in [6, 6.07) is 14.7. The molecule has 0 atom stereocenters. The van der Waals surface area contributed by atoms with E-state index in [1.165, 1.54) is 12.5 Å². The molecule has 0 spiro atoms. The van der Waals surface area contributed by atoms with E-state index in [0.29, 0.717) is 17.9 Å². The SMILES string of the molecule is CCN(CC(=O)Nc1ccc(NC(C)=O)cc1)CC(=O)Nc1ccc(C(C)(C)C)cc1. The first-order chi connectivity index (χ1) is 14.6. The molecule has 2 rings (SSSR count). The minimum absolute atomic E-state index is 0.0547. The van der Waals surface area contributed by atoms with Crippen molar-refractivity contribution in [3.63, 3.8) is 0 Å². The van der Waals surface area contributed by atoms with Crippen LogP contribution in [-0.4, -0.2) is 42.3 Å². The average Bonchev–Trinajstić information content (AvgIpc) is 2.68. The van der Waals surface area contributed by atoms with Gasteiger partial charge in [0.2, 0.25) is 17.7 Å². The van der Waals surface area contributed by atoms with Gasteiger partial charge >= 0.3 is 0 Å². The van der Waals surface area contributed by atoms with Crippen LogP contribution >= 0.6 is 0 Å². The zero-order valence-corrected chi connectivity index (χ0v) is 18.9. The Morgan fingerprint density at radius 2 is 1.13 bits per heavy atom. The van der Waals surface area contributed by atoms with E-state index in [4.69, 9.17) is 0 Å². The van der Waals surface area contributed by atoms with Crippen molar-refractivity contribution < 1.29 is 14.4 Å². The molecule has 0 saturated heterocycles. The lowest BCUT2D eigenvalue weighted by atomic mass is 9.87. The second-order valence-electron chi connectivity index (χ2n) is 8.49. The molecule has 0 fully saturated rings. The molecule has 0 aliphatic heterocycles. The number of nitrogens with one attached hydrogen (secondary N) is 3. The van der Waals surface area contributed by atoms with E-state index in [1.54, 1.807) is 29.2 Å². The second kappa shape index (κ2) is 10.7. The predicted molar refractivity (Wildman–Crippen MR) is 125 cm³/mol. The van der Waals surface area contributed by atoms with Crippen LogP contribution in [0.25, 0.3) is 0 Å². The zero-order chi connectivity index (χ0) is 23.0. The largest absolute Gasteiger partial charge is 0.326 e. The van der Waals surface area contributed by atoms with Gasteiger partial charge in [-0.2, -0.15) is 0 Å². The summed E-state index contributed by atoms with van der Waals surface area (Å²) in [7, 11) is 0. The van der Waals surface area contributed by atoms with Gasteiger partial charge in [-0.3, -0.25) is 19.3 Å². The van der Waals surface area contributed by atoms with Crippen LogP contribution in [0.4, 0.5) is 17.1 Å². The molecule has 0 heterocycles. The molecule has 0 unspecified atom stereocenters. The molecule has 0 saturated carbocycles. The Labute approximate surface area is 184 Å². The van der Waals surface area contributed by atoms with Crippen molar-refractivity contribution in [2.45, 2.75) is 40.0 Å². The number of rotatable bonds is 8. The summed E-state index contributed by atoms with van der Waals surface area (Å²) in [6.07, 6.45) is 0. The molecule has 0 bridgehead atoms. The lowest BCUT2D eigenvalue weighted by Gasteiger charge is -2.20. The van der Waals surface area contributed by atoms with Gasteiger partial charge in [-0.05, 0) is 53.9 Å². The van der Waals surface area contributed by atoms with E-state index >= 15 is 0 Å². The number of hydrogen-bond donors (Lipinski definition) is 3. The molecule has 0 aromatic heterocycles. The van der Waals surface area contributed by atoms with E-state index < -0.39 is 0 Å². The molecule has 2 aromatic carbocycles. The second-order valence-corrected chi connectivity index (χ2v) is 8.49. The minimum Gasteiger partial charge on any atom is -0.326 e. The predicted octanol–water partition coefficient (Wildman–Crippen LogP) is 3.84. The van der Waals surface area contributed by atoms with Crippen molar-refractivity contribution in [1.29, 1.82) is 0 Å². The zero-order valence-electron chi connectivity index (χ0n) is 18.9. The lowest BCUT2D eigenvalue weighted by molar-refractivity contribution is -0.120. The summed E-state index contributed by atoms with van der Waals surface area (Å²) in [4.78, 5) is 37.6. The topological polar surface area (TPSA) is 90.5 Å². The summed E-state index contributed by atoms with van der Waals surface area (Å²) < 4.78 is 0. The highest BCUT2D eigenvalue weighted by Gasteiger charge is 2.15. The maximum absolute atomic E-state index is 12.4. The number of hydrogen-bond acceptors (Lipinski definition) is 4. The van der Waals surface area contributed by atoms with Gasteiger partial charge in [-0.15, -0.1) is 0 Å². The number of likely N-dealkylation sites (N-methyl/N-ethyl adjacent to an activating group) is 1. The van der Waals surface area contributed by atoms with Gasteiger partial charge in [0.05, 0.1) is 13.1 Å². The lowest BCUT2D eigenvalue weighted by Crippen LogP contribution is -2.38. The van der Waals surface area contributed by atoms with Crippen LogP contribution in [0.15, 0.2) is 48.5 Å². The van der Waals surface area contributed by atoms with Gasteiger partial charge in [0.15, 0.2) is 0 Å². The third kappa shape index (κ3) is 8.22. The van der Waals surface area contributed by atoms with Crippen LogP contribution in [0.2, 0.25) is 0 Å². The Bertz CT molecular complexity index is 900. The first-order valence-corrected chi connectivity index (χ1v) is 10.4. The molecule has 7 nitrogen and oxygen atoms in total. The standard InChI is InChI=1S/C24H32N4O3/c1-6-28(15-22(30)26-20-9-7-18(8-10-20)24(3,4)5)16-23(31)27-21-13-11-19(12-14-21)25-17(2)29/h7-14H,6,15-16H2,1-5H3,(H,25,29)(H,26,30)(H,27,31). The van der Waals surface area contributed by atoms with Crippen LogP contribution in [-0.2, 0) is 19.8 Å². The van der Waals surface area contributed by atoms with Crippen LogP contribution in [0.3, 0.4) is 0 Å². The smallest absolute Gasteiger partial charge is 0.238 e. The third-order valence-corrected chi connectivity index (χ3v) is 4.71. The molecule has 2 aromatic rings. The van der Waals surface area contributed by atoms with Crippen LogP contribution in [0.1, 0.15) is 40.2 Å². The molecule has 0 aliphatic rings. The van der Waals surface area contributed by atoms with E-state index in [0.717, 1.165) is 5.69 Å². The fourth-order valence-corrected chi connectivity index (χ4v) is 2.98. The maximum atomic E-state index is 12.4. The maximum Gasteiger partial charge on any atom is 0.238 e. The van der Waals surface area contributed by atoms with E-state index in [9.17, 15) is 14.4 Å². The monoisotopic (exact) mass is 424 g/mol. The summed E-state index contributed by atoms with van der Waals surface area (Å²) in [6.45, 7) is 10.5. The van der Waals surface area contributed by atoms with Gasteiger partial charge < -0.3 is 16.0 Å². The van der Waals surface area contributed by atoms with E-state index in [-0.39, 0.29) is 36.2 Å². The van der Waals surface area contributed by atoms with E-state index in [2.05, 4.69) is 36.7 Å². The molecule has 3 N–H and O–H groups in total. The van der Waals surface area contributed by atoms with E-state index in [1.807, 2.05) is 31.2 Å². The molecule has 0 aliphatic carbocycles. The quantitative estimate of drug-likeness (QED) is 0.600. The Morgan fingerprint density at radius 3 is 1.48 bits per heavy atom. The Hall–Kier alpha value is -3.19. The van der Waals surface area contributed by atoms with Crippen LogP contribution in [0.5, 0.6) is 0 Å². The van der Waals surface area contributed by atoms with Crippen molar-refractivity contribution in [3.05, 3.63) is 54.1 Å². The fraction of sp³-hybridized carbons (Fsp3) is 0.375. The Morgan fingerprint density at radius 1 is 0.742 bits per heavy atom. The fourth-order valence-electron chi connectivity index (χ4n) is 2.98. The van der Waals surface area contributed by atoms with Crippen LogP contribution < -0.4 is 16.0 Å². The van der Waals surface area contributed by atoms with Gasteiger partial charge in [0.25, 0.3) is 0 Å². The molecular weight excluding hydrogens is 392 g/mol. The number of benzene rings is 2. The minimum atomic E-state index is -0.212. The van der Waals surface area contributed by atoms with Crippen LogP contribution in [0, 0.1) is 0 Å². The summed E-state index contributed by atoms with van der Waals surface area (Å²) >= 11 is 0. The summed E-state index contributed by atoms with van der Waals surface area (Å²) in [5.74, 6) is -0.534. The molecule has 0 radical (unpaired) electrons. The molecule has 166 valence electrons. The Kier molecular flexibility index (Phi) is 8.33. The summed E-state index contributed by atoms with van der Waals surface area (Å²) in [5, 5.41) is 8.36. The van der Waals surface area contributed by atoms with Crippen molar-refractivity contribution in [3.8, 4) is 0 Å². The highest BCUT2D eigenvalue weighted by Crippen LogP contribution is 2.23. The first-order valence-electron chi connectivity index (χ1n) is 10.4. The van der Waals surface area contributed by atoms with Crippen molar-refractivity contribution >= 4 is 34.8 Å². The normalized spacial score (nSPS) is 11.2. The number of amides is 3. The molecule has 31 heavy (non-hydrogen) atoms. The highest BCUT2D eigenvalue weighted by atomic mass is 16.2. The van der Waals surface area contributed by atoms with Crippen molar-refractivity contribution in [2.75, 3.05) is 35.6 Å². The van der Waals surface area contributed by atoms with Crippen molar-refractivity contribution in [1.82, 2.24) is 4.90 Å². The van der Waals surface area contributed by atoms with Gasteiger partial charge in [0, 0.05) is 24.0 Å². The molecule has 3 amide bonds. The van der Waals surface area contributed by atoms with Gasteiger partial charge in [0.1, 0.15) is 0 Å². The molecular formula is C24H32N4O3. The number of carbonyl (C=O) groups excluding carboxylic acids is 3. The summed E-state index contributed by atoms with van der Waals surface area (Å²) in [5.41, 5.74) is 3.27. The Balaban J connectivity index is 1.85. The first kappa shape index (κ1) is 24.1. The van der Waals surface area contributed by atoms with Crippen molar-refractivity contribution in [2.24, 2.45) is 0 Å². The third-order valence-electron chi connectivity index (χ3n) is 4.71. The highest BCUT2D eigenvalue weighted by molar-refractivity contribution is 5.95. The number of carbonyl (C=O) groups is 3. The number of nitrogens with zero attached hydrogens (tertiary/aromatic N) is 1. The average molecular weight is 425 g/mol. The number of anilines is 3. The molecule has 7 heteroatoms.